The topological polar surface area (TPSA) is 51.2 Å². The van der Waals surface area contributed by atoms with Gasteiger partial charge in [-0.2, -0.15) is 13.2 Å². The Balaban J connectivity index is 1.39. The zero-order valence-electron chi connectivity index (χ0n) is 18.7. The van der Waals surface area contributed by atoms with Crippen molar-refractivity contribution in [2.24, 2.45) is 5.92 Å². The number of pyridine rings is 1. The van der Waals surface area contributed by atoms with Gasteiger partial charge in [0.05, 0.1) is 17.2 Å². The number of aromatic nitrogens is 1. The highest BCUT2D eigenvalue weighted by Crippen LogP contribution is 2.38. The average molecular weight is 491 g/mol. The molecule has 2 aromatic carbocycles. The Kier molecular flexibility index (Phi) is 7.31. The van der Waals surface area contributed by atoms with Crippen LogP contribution in [0.5, 0.6) is 5.75 Å². The van der Waals surface area contributed by atoms with E-state index in [1.165, 1.54) is 12.3 Å². The van der Waals surface area contributed by atoms with E-state index in [0.717, 1.165) is 38.2 Å². The van der Waals surface area contributed by atoms with Crippen LogP contribution in [-0.2, 0) is 6.18 Å². The molecule has 1 fully saturated rings. The van der Waals surface area contributed by atoms with Gasteiger partial charge in [-0.1, -0.05) is 24.6 Å². The maximum Gasteiger partial charge on any atom is 0.418 e. The van der Waals surface area contributed by atoms with Crippen LogP contribution in [0.1, 0.15) is 54.9 Å². The molecule has 1 amide bonds. The van der Waals surface area contributed by atoms with Crippen LogP contribution in [-0.4, -0.2) is 23.0 Å². The molecule has 1 atom stereocenters. The van der Waals surface area contributed by atoms with Gasteiger partial charge in [-0.3, -0.25) is 9.78 Å². The third-order valence-corrected chi connectivity index (χ3v) is 6.73. The fourth-order valence-electron chi connectivity index (χ4n) is 4.68. The molecular formula is C26H26ClF3N2O2. The molecule has 0 radical (unpaired) electrons. The molecule has 3 aromatic rings. The number of amides is 1. The number of hydrogen-bond donors (Lipinski definition) is 1. The van der Waals surface area contributed by atoms with Crippen molar-refractivity contribution < 1.29 is 22.7 Å². The Hall–Kier alpha value is -2.80. The maximum atomic E-state index is 13.4. The molecule has 8 heteroatoms. The fraction of sp³-hybridized carbons (Fsp3) is 0.385. The molecule has 180 valence electrons. The standard InChI is InChI=1S/C26H26ClF3N2O2/c1-2-22(32-25(33)17-6-10-18(27)11-7-17)16-8-12-19(13-9-16)34-23-14-15-31-24-20(23)4-3-5-21(24)26(28,29)30/h3-7,10-11,14-16,19,22H,2,8-9,12-13H2,1H3,(H,32,33)/t16-,19-,22?. The molecule has 1 aromatic heterocycles. The number of benzene rings is 2. The predicted molar refractivity (Wildman–Crippen MR) is 126 cm³/mol. The number of halogens is 4. The SMILES string of the molecule is CCC(NC(=O)c1ccc(Cl)cc1)[C@H]1CC[C@H](Oc2ccnc3c(C(F)(F)F)cccc23)CC1. The summed E-state index contributed by atoms with van der Waals surface area (Å²) in [7, 11) is 0. The van der Waals surface area contributed by atoms with E-state index in [4.69, 9.17) is 16.3 Å². The Bertz CT molecular complexity index is 1140. The molecule has 4 rings (SSSR count). The fourth-order valence-corrected chi connectivity index (χ4v) is 4.80. The Labute approximate surface area is 201 Å². The second-order valence-electron chi connectivity index (χ2n) is 8.66. The number of hydrogen-bond acceptors (Lipinski definition) is 3. The summed E-state index contributed by atoms with van der Waals surface area (Å²) in [5, 5.41) is 4.09. The molecule has 1 saturated carbocycles. The number of fused-ring (bicyclic) bond motifs is 1. The van der Waals surface area contributed by atoms with Gasteiger partial charge < -0.3 is 10.1 Å². The van der Waals surface area contributed by atoms with Gasteiger partial charge in [-0.15, -0.1) is 0 Å². The molecule has 4 nitrogen and oxygen atoms in total. The van der Waals surface area contributed by atoms with Crippen molar-refractivity contribution in [3.05, 3.63) is 70.9 Å². The third-order valence-electron chi connectivity index (χ3n) is 6.48. The minimum Gasteiger partial charge on any atom is -0.490 e. The molecular weight excluding hydrogens is 465 g/mol. The summed E-state index contributed by atoms with van der Waals surface area (Å²) in [5.41, 5.74) is -0.291. The molecule has 0 bridgehead atoms. The van der Waals surface area contributed by atoms with Crippen LogP contribution in [0.3, 0.4) is 0 Å². The summed E-state index contributed by atoms with van der Waals surface area (Å²) in [6, 6.07) is 12.5. The first-order valence-corrected chi connectivity index (χ1v) is 11.8. The van der Waals surface area contributed by atoms with Gasteiger partial charge in [0.2, 0.25) is 0 Å². The summed E-state index contributed by atoms with van der Waals surface area (Å²) in [5.74, 6) is 0.611. The normalized spacial score (nSPS) is 19.6. The average Bonchev–Trinajstić information content (AvgIpc) is 2.82. The van der Waals surface area contributed by atoms with Gasteiger partial charge >= 0.3 is 6.18 Å². The van der Waals surface area contributed by atoms with Crippen LogP contribution in [0.15, 0.2) is 54.7 Å². The van der Waals surface area contributed by atoms with Crippen LogP contribution in [0, 0.1) is 5.92 Å². The lowest BCUT2D eigenvalue weighted by Gasteiger charge is -2.34. The van der Waals surface area contributed by atoms with Crippen molar-refractivity contribution in [2.75, 3.05) is 0 Å². The van der Waals surface area contributed by atoms with Gasteiger partial charge in [0.15, 0.2) is 0 Å². The minimum atomic E-state index is -4.48. The highest BCUT2D eigenvalue weighted by atomic mass is 35.5. The van der Waals surface area contributed by atoms with Gasteiger partial charge in [0, 0.05) is 28.2 Å². The predicted octanol–water partition coefficient (Wildman–Crippen LogP) is 7.05. The van der Waals surface area contributed by atoms with Crippen LogP contribution in [0.4, 0.5) is 13.2 Å². The van der Waals surface area contributed by atoms with Crippen molar-refractivity contribution in [1.29, 1.82) is 0 Å². The highest BCUT2D eigenvalue weighted by Gasteiger charge is 2.34. The smallest absolute Gasteiger partial charge is 0.418 e. The van der Waals surface area contributed by atoms with Crippen LogP contribution in [0.25, 0.3) is 10.9 Å². The molecule has 1 N–H and O–H groups in total. The van der Waals surface area contributed by atoms with E-state index in [1.54, 1.807) is 36.4 Å². The van der Waals surface area contributed by atoms with Gasteiger partial charge in [-0.05, 0) is 80.5 Å². The number of rotatable bonds is 6. The number of carbonyl (C=O) groups is 1. The van der Waals surface area contributed by atoms with Crippen LogP contribution < -0.4 is 10.1 Å². The molecule has 34 heavy (non-hydrogen) atoms. The lowest BCUT2D eigenvalue weighted by Crippen LogP contribution is -2.42. The summed E-state index contributed by atoms with van der Waals surface area (Å²) in [6.07, 6.45) is 0.849. The summed E-state index contributed by atoms with van der Waals surface area (Å²) in [4.78, 5) is 16.6. The van der Waals surface area contributed by atoms with E-state index in [9.17, 15) is 18.0 Å². The van der Waals surface area contributed by atoms with Crippen LogP contribution >= 0.6 is 11.6 Å². The third kappa shape index (κ3) is 5.46. The van der Waals surface area contributed by atoms with E-state index in [-0.39, 0.29) is 23.6 Å². The number of nitrogens with one attached hydrogen (secondary N) is 1. The van der Waals surface area contributed by atoms with E-state index in [2.05, 4.69) is 17.2 Å². The maximum absolute atomic E-state index is 13.4. The van der Waals surface area contributed by atoms with E-state index < -0.39 is 11.7 Å². The number of ether oxygens (including phenoxy) is 1. The molecule has 0 spiro atoms. The summed E-state index contributed by atoms with van der Waals surface area (Å²) >= 11 is 5.91. The van der Waals surface area contributed by atoms with Crippen molar-refractivity contribution in [2.45, 2.75) is 57.3 Å². The Morgan fingerprint density at radius 2 is 1.82 bits per heavy atom. The molecule has 0 saturated heterocycles. The highest BCUT2D eigenvalue weighted by molar-refractivity contribution is 6.30. The second-order valence-corrected chi connectivity index (χ2v) is 9.09. The van der Waals surface area contributed by atoms with Crippen molar-refractivity contribution in [1.82, 2.24) is 10.3 Å². The number of para-hydroxylation sites is 1. The largest absolute Gasteiger partial charge is 0.490 e. The first kappa shape index (κ1) is 24.3. The first-order valence-electron chi connectivity index (χ1n) is 11.4. The van der Waals surface area contributed by atoms with Gasteiger partial charge in [0.1, 0.15) is 5.75 Å². The van der Waals surface area contributed by atoms with Gasteiger partial charge in [0.25, 0.3) is 5.91 Å². The molecule has 1 unspecified atom stereocenters. The summed E-state index contributed by atoms with van der Waals surface area (Å²) < 4.78 is 46.2. The number of alkyl halides is 3. The lowest BCUT2D eigenvalue weighted by molar-refractivity contribution is -0.136. The second kappa shape index (κ2) is 10.2. The number of carbonyl (C=O) groups excluding carboxylic acids is 1. The quantitative estimate of drug-likeness (QED) is 0.402. The molecule has 1 aliphatic carbocycles. The Morgan fingerprint density at radius 3 is 2.47 bits per heavy atom. The zero-order chi connectivity index (χ0) is 24.3. The summed E-state index contributed by atoms with van der Waals surface area (Å²) in [6.45, 7) is 2.05. The molecule has 1 aliphatic rings. The molecule has 0 aliphatic heterocycles. The zero-order valence-corrected chi connectivity index (χ0v) is 19.5. The number of nitrogens with zero attached hydrogens (tertiary/aromatic N) is 1. The van der Waals surface area contributed by atoms with Crippen molar-refractivity contribution >= 4 is 28.4 Å². The van der Waals surface area contributed by atoms with Gasteiger partial charge in [-0.25, -0.2) is 0 Å². The lowest BCUT2D eigenvalue weighted by atomic mass is 9.81. The molecule has 1 heterocycles. The minimum absolute atomic E-state index is 0.0419. The van der Waals surface area contributed by atoms with E-state index >= 15 is 0 Å². The van der Waals surface area contributed by atoms with Crippen LogP contribution in [0.2, 0.25) is 5.02 Å². The van der Waals surface area contributed by atoms with Crippen molar-refractivity contribution in [3.8, 4) is 5.75 Å². The van der Waals surface area contributed by atoms with Crippen molar-refractivity contribution in [3.63, 3.8) is 0 Å². The van der Waals surface area contributed by atoms with E-state index in [0.29, 0.717) is 27.6 Å². The van der Waals surface area contributed by atoms with E-state index in [1.807, 2.05) is 0 Å². The first-order chi connectivity index (χ1) is 16.3. The monoisotopic (exact) mass is 490 g/mol. The Morgan fingerprint density at radius 1 is 1.12 bits per heavy atom.